The van der Waals surface area contributed by atoms with E-state index >= 15 is 0 Å². The average molecular weight is 263 g/mol. The maximum atomic E-state index is 6.26. The van der Waals surface area contributed by atoms with E-state index < -0.39 is 0 Å². The zero-order chi connectivity index (χ0) is 13.7. The molecule has 3 nitrogen and oxygen atoms in total. The molecule has 1 aliphatic rings. The van der Waals surface area contributed by atoms with Crippen LogP contribution in [0.5, 0.6) is 11.5 Å². The highest BCUT2D eigenvalue weighted by molar-refractivity contribution is 5.43. The van der Waals surface area contributed by atoms with Crippen LogP contribution < -0.4 is 15.2 Å². The number of methoxy groups -OCH3 is 1. The van der Waals surface area contributed by atoms with Gasteiger partial charge in [-0.3, -0.25) is 0 Å². The Morgan fingerprint density at radius 1 is 1.32 bits per heavy atom. The Labute approximate surface area is 116 Å². The molecule has 2 N–H and O–H groups in total. The lowest BCUT2D eigenvalue weighted by atomic mass is 9.94. The average Bonchev–Trinajstić information content (AvgIpc) is 2.43. The van der Waals surface area contributed by atoms with Gasteiger partial charge in [0.25, 0.3) is 0 Å². The third-order valence-electron chi connectivity index (χ3n) is 3.81. The topological polar surface area (TPSA) is 44.5 Å². The number of nitrogens with two attached hydrogens (primary N) is 1. The lowest BCUT2D eigenvalue weighted by Gasteiger charge is -2.30. The van der Waals surface area contributed by atoms with Gasteiger partial charge >= 0.3 is 0 Å². The van der Waals surface area contributed by atoms with Crippen molar-refractivity contribution < 1.29 is 9.47 Å². The molecule has 106 valence electrons. The van der Waals surface area contributed by atoms with Crippen LogP contribution in [0.25, 0.3) is 0 Å². The van der Waals surface area contributed by atoms with Crippen LogP contribution in [-0.4, -0.2) is 13.2 Å². The molecule has 0 fully saturated rings. The van der Waals surface area contributed by atoms with Crippen molar-refractivity contribution in [3.05, 3.63) is 23.8 Å². The summed E-state index contributed by atoms with van der Waals surface area (Å²) in [4.78, 5) is 0. The maximum Gasteiger partial charge on any atom is 0.124 e. The van der Waals surface area contributed by atoms with Crippen molar-refractivity contribution in [3.8, 4) is 11.5 Å². The molecule has 0 spiro atoms. The van der Waals surface area contributed by atoms with Crippen molar-refractivity contribution in [1.29, 1.82) is 0 Å². The summed E-state index contributed by atoms with van der Waals surface area (Å²) in [6.45, 7) is 2.23. The molecule has 2 atom stereocenters. The van der Waals surface area contributed by atoms with Gasteiger partial charge < -0.3 is 15.2 Å². The van der Waals surface area contributed by atoms with Gasteiger partial charge in [0.1, 0.15) is 17.6 Å². The second-order valence-corrected chi connectivity index (χ2v) is 5.34. The van der Waals surface area contributed by atoms with Gasteiger partial charge in [0.05, 0.1) is 7.11 Å². The fourth-order valence-corrected chi connectivity index (χ4v) is 2.66. The van der Waals surface area contributed by atoms with E-state index in [4.69, 9.17) is 15.2 Å². The summed E-state index contributed by atoms with van der Waals surface area (Å²) in [7, 11) is 1.67. The highest BCUT2D eigenvalue weighted by atomic mass is 16.5. The largest absolute Gasteiger partial charge is 0.497 e. The maximum absolute atomic E-state index is 6.26. The molecule has 0 aromatic heterocycles. The van der Waals surface area contributed by atoms with Gasteiger partial charge in [-0.25, -0.2) is 0 Å². The fourth-order valence-electron chi connectivity index (χ4n) is 2.66. The van der Waals surface area contributed by atoms with E-state index in [-0.39, 0.29) is 12.1 Å². The Morgan fingerprint density at radius 2 is 2.16 bits per heavy atom. The number of hydrogen-bond donors (Lipinski definition) is 1. The number of hydrogen-bond acceptors (Lipinski definition) is 3. The Hall–Kier alpha value is -1.22. The Kier molecular flexibility index (Phi) is 5.08. The van der Waals surface area contributed by atoms with Crippen LogP contribution in [0.3, 0.4) is 0 Å². The van der Waals surface area contributed by atoms with Crippen LogP contribution in [0.1, 0.15) is 57.1 Å². The molecule has 1 aromatic carbocycles. The first-order valence-corrected chi connectivity index (χ1v) is 7.34. The molecule has 0 aliphatic carbocycles. The summed E-state index contributed by atoms with van der Waals surface area (Å²) < 4.78 is 11.3. The molecule has 0 saturated heterocycles. The van der Waals surface area contributed by atoms with E-state index in [2.05, 4.69) is 6.92 Å². The molecule has 0 saturated carbocycles. The van der Waals surface area contributed by atoms with E-state index in [0.29, 0.717) is 0 Å². The molecule has 1 heterocycles. The molecule has 0 amide bonds. The van der Waals surface area contributed by atoms with Crippen molar-refractivity contribution >= 4 is 0 Å². The van der Waals surface area contributed by atoms with Crippen LogP contribution in [0.2, 0.25) is 0 Å². The summed E-state index contributed by atoms with van der Waals surface area (Å²) in [5.41, 5.74) is 7.33. The molecule has 1 unspecified atom stereocenters. The van der Waals surface area contributed by atoms with Crippen molar-refractivity contribution in [2.75, 3.05) is 7.11 Å². The van der Waals surface area contributed by atoms with Gasteiger partial charge in [-0.1, -0.05) is 26.2 Å². The third-order valence-corrected chi connectivity index (χ3v) is 3.81. The monoisotopic (exact) mass is 263 g/mol. The lowest BCUT2D eigenvalue weighted by Crippen LogP contribution is -2.29. The van der Waals surface area contributed by atoms with Crippen LogP contribution in [0.4, 0.5) is 0 Å². The van der Waals surface area contributed by atoms with Crippen molar-refractivity contribution in [1.82, 2.24) is 0 Å². The molecule has 1 aromatic rings. The first-order chi connectivity index (χ1) is 9.24. The van der Waals surface area contributed by atoms with Crippen molar-refractivity contribution in [3.63, 3.8) is 0 Å². The van der Waals surface area contributed by atoms with Gasteiger partial charge in [-0.05, 0) is 31.0 Å². The van der Waals surface area contributed by atoms with Crippen LogP contribution in [0, 0.1) is 0 Å². The number of rotatable bonds is 6. The van der Waals surface area contributed by atoms with Crippen LogP contribution in [-0.2, 0) is 0 Å². The molecule has 0 bridgehead atoms. The summed E-state index contributed by atoms with van der Waals surface area (Å²) in [5, 5.41) is 0. The van der Waals surface area contributed by atoms with Gasteiger partial charge in [-0.15, -0.1) is 0 Å². The van der Waals surface area contributed by atoms with Crippen LogP contribution >= 0.6 is 0 Å². The number of ether oxygens (including phenoxy) is 2. The highest BCUT2D eigenvalue weighted by Gasteiger charge is 2.25. The summed E-state index contributed by atoms with van der Waals surface area (Å²) in [5.74, 6) is 1.78. The second-order valence-electron chi connectivity index (χ2n) is 5.34. The van der Waals surface area contributed by atoms with Crippen LogP contribution in [0.15, 0.2) is 18.2 Å². The zero-order valence-electron chi connectivity index (χ0n) is 12.0. The minimum absolute atomic E-state index is 0.0648. The first kappa shape index (κ1) is 14.2. The number of benzene rings is 1. The van der Waals surface area contributed by atoms with Gasteiger partial charge in [0.2, 0.25) is 0 Å². The minimum Gasteiger partial charge on any atom is -0.497 e. The van der Waals surface area contributed by atoms with E-state index in [9.17, 15) is 0 Å². The predicted octanol–water partition coefficient (Wildman–Crippen LogP) is 3.82. The first-order valence-electron chi connectivity index (χ1n) is 7.34. The number of fused-ring (bicyclic) bond motifs is 1. The SMILES string of the molecule is CCCCCCC1C[C@H](N)c2cc(OC)ccc2O1. The highest BCUT2D eigenvalue weighted by Crippen LogP contribution is 2.37. The number of unbranched alkanes of at least 4 members (excludes halogenated alkanes) is 3. The molecule has 2 rings (SSSR count). The Morgan fingerprint density at radius 3 is 2.89 bits per heavy atom. The van der Waals surface area contributed by atoms with Gasteiger partial charge in [0.15, 0.2) is 0 Å². The molecule has 3 heteroatoms. The van der Waals surface area contributed by atoms with E-state index in [1.807, 2.05) is 18.2 Å². The zero-order valence-corrected chi connectivity index (χ0v) is 12.0. The van der Waals surface area contributed by atoms with E-state index in [1.54, 1.807) is 7.11 Å². The molecule has 1 aliphatic heterocycles. The summed E-state index contributed by atoms with van der Waals surface area (Å²) in [6.07, 6.45) is 7.40. The quantitative estimate of drug-likeness (QED) is 0.794. The standard InChI is InChI=1S/C16H25NO2/c1-3-4-5-6-7-13-11-15(17)14-10-12(18-2)8-9-16(14)19-13/h8-10,13,15H,3-7,11,17H2,1-2H3/t13?,15-/m0/s1. The van der Waals surface area contributed by atoms with Crippen molar-refractivity contribution in [2.24, 2.45) is 5.73 Å². The smallest absolute Gasteiger partial charge is 0.124 e. The normalized spacial score (nSPS) is 21.6. The summed E-state index contributed by atoms with van der Waals surface area (Å²) >= 11 is 0. The molecule has 0 radical (unpaired) electrons. The van der Waals surface area contributed by atoms with E-state index in [0.717, 1.165) is 29.9 Å². The minimum atomic E-state index is 0.0648. The Bertz CT molecular complexity index is 406. The summed E-state index contributed by atoms with van der Waals surface area (Å²) in [6, 6.07) is 5.97. The fraction of sp³-hybridized carbons (Fsp3) is 0.625. The van der Waals surface area contributed by atoms with E-state index in [1.165, 1.54) is 25.7 Å². The lowest BCUT2D eigenvalue weighted by molar-refractivity contribution is 0.146. The predicted molar refractivity (Wildman–Crippen MR) is 77.7 cm³/mol. The Balaban J connectivity index is 1.95. The molecule has 19 heavy (non-hydrogen) atoms. The van der Waals surface area contributed by atoms with Gasteiger partial charge in [-0.2, -0.15) is 0 Å². The third kappa shape index (κ3) is 3.63. The van der Waals surface area contributed by atoms with Gasteiger partial charge in [0, 0.05) is 18.0 Å². The second kappa shape index (κ2) is 6.80. The van der Waals surface area contributed by atoms with Crippen molar-refractivity contribution in [2.45, 2.75) is 57.6 Å². The molecular formula is C16H25NO2. The molecular weight excluding hydrogens is 238 g/mol.